The maximum atomic E-state index is 7.38. The largest absolute Gasteiger partial charge is 0.311 e. The van der Waals surface area contributed by atoms with Crippen LogP contribution in [0.3, 0.4) is 0 Å². The number of halogens is 1. The van der Waals surface area contributed by atoms with Gasteiger partial charge in [0.25, 0.3) is 0 Å². The van der Waals surface area contributed by atoms with Crippen molar-refractivity contribution in [3.63, 3.8) is 0 Å². The lowest BCUT2D eigenvalue weighted by atomic mass is 9.63. The van der Waals surface area contributed by atoms with Crippen molar-refractivity contribution in [2.24, 2.45) is 5.41 Å². The van der Waals surface area contributed by atoms with E-state index in [0.717, 1.165) is 47.0 Å². The normalized spacial score (nSPS) is 16.4. The molecule has 0 heterocycles. The van der Waals surface area contributed by atoms with Crippen LogP contribution in [0.5, 0.6) is 0 Å². The summed E-state index contributed by atoms with van der Waals surface area (Å²) in [5.41, 5.74) is 15.8. The first-order chi connectivity index (χ1) is 28.0. The van der Waals surface area contributed by atoms with Crippen LogP contribution in [0.1, 0.15) is 132 Å². The standard InChI is InChI=1S/C57H67ClN2/c1-53(2,3)40-20-17-21-44(26-22-40)59(45-27-23-41(24-28-45)54(4,5)6)47-35-43(58)36-48(37-47)60(46-29-30-50-51(38-46)57(12,13)33-32-56(50,10)11)52-31-25-42(55(7,8)9)34-49(52)39-18-15-14-16-19-39/h14-16,18-31,34-38H,17,32-33H2,1-13H3. The number of rotatable bonds is 7. The fourth-order valence-electron chi connectivity index (χ4n) is 8.90. The van der Waals surface area contributed by atoms with Gasteiger partial charge in [0, 0.05) is 39.0 Å². The van der Waals surface area contributed by atoms with E-state index in [0.29, 0.717) is 5.02 Å². The van der Waals surface area contributed by atoms with Crippen LogP contribution in [0.4, 0.5) is 28.4 Å². The summed E-state index contributed by atoms with van der Waals surface area (Å²) in [5, 5.41) is 0.683. The fraction of sp³-hybridized carbons (Fsp3) is 0.368. The van der Waals surface area contributed by atoms with Gasteiger partial charge in [-0.05, 0) is 140 Å². The number of nitrogens with zero attached hydrogens (tertiary/aromatic N) is 2. The molecule has 2 aliphatic carbocycles. The van der Waals surface area contributed by atoms with E-state index in [1.165, 1.54) is 45.4 Å². The van der Waals surface area contributed by atoms with Gasteiger partial charge in [0.1, 0.15) is 0 Å². The molecule has 5 aromatic rings. The summed E-state index contributed by atoms with van der Waals surface area (Å²) >= 11 is 7.38. The lowest BCUT2D eigenvalue weighted by molar-refractivity contribution is 0.332. The molecule has 0 saturated carbocycles. The smallest absolute Gasteiger partial charge is 0.0540 e. The lowest BCUT2D eigenvalue weighted by Crippen LogP contribution is -2.34. The van der Waals surface area contributed by atoms with Crippen molar-refractivity contribution >= 4 is 40.0 Å². The molecule has 3 heteroatoms. The lowest BCUT2D eigenvalue weighted by Gasteiger charge is -2.42. The van der Waals surface area contributed by atoms with Gasteiger partial charge in [0.2, 0.25) is 0 Å². The first-order valence-corrected chi connectivity index (χ1v) is 22.4. The van der Waals surface area contributed by atoms with Crippen LogP contribution in [-0.4, -0.2) is 0 Å². The van der Waals surface area contributed by atoms with E-state index >= 15 is 0 Å². The van der Waals surface area contributed by atoms with Gasteiger partial charge in [-0.1, -0.05) is 174 Å². The van der Waals surface area contributed by atoms with Crippen molar-refractivity contribution in [2.75, 3.05) is 9.80 Å². The number of hydrogen-bond donors (Lipinski definition) is 0. The predicted octanol–water partition coefficient (Wildman–Crippen LogP) is 17.4. The SMILES string of the molecule is CC(C)(C)C1=CCC=C(N(c2ccc(C(C)(C)C)cc2)c2cc(Cl)cc(N(c3ccc4c(c3)C(C)(C)CCC4(C)C)c3ccc(C(C)(C)C)cc3-c3ccccc3)c2)C=C1. The minimum atomic E-state index is -0.0256. The zero-order valence-corrected chi connectivity index (χ0v) is 39.4. The van der Waals surface area contributed by atoms with Crippen LogP contribution in [-0.2, 0) is 21.7 Å². The Labute approximate surface area is 367 Å². The molecule has 2 nitrogen and oxygen atoms in total. The molecule has 2 aliphatic rings. The van der Waals surface area contributed by atoms with E-state index in [2.05, 4.69) is 233 Å². The van der Waals surface area contributed by atoms with Gasteiger partial charge >= 0.3 is 0 Å². The predicted molar refractivity (Wildman–Crippen MR) is 262 cm³/mol. The summed E-state index contributed by atoms with van der Waals surface area (Å²) in [6.07, 6.45) is 12.4. The van der Waals surface area contributed by atoms with Gasteiger partial charge in [-0.3, -0.25) is 0 Å². The van der Waals surface area contributed by atoms with Gasteiger partial charge in [0.05, 0.1) is 5.69 Å². The highest BCUT2D eigenvalue weighted by Gasteiger charge is 2.38. The fourth-order valence-corrected chi connectivity index (χ4v) is 9.13. The number of hydrogen-bond acceptors (Lipinski definition) is 2. The van der Waals surface area contributed by atoms with Crippen molar-refractivity contribution in [3.05, 3.63) is 172 Å². The average Bonchev–Trinajstić information content (AvgIpc) is 3.44. The molecule has 0 bridgehead atoms. The number of allylic oxidation sites excluding steroid dienone is 5. The first-order valence-electron chi connectivity index (χ1n) is 22.0. The molecule has 0 atom stereocenters. The van der Waals surface area contributed by atoms with Crippen LogP contribution < -0.4 is 9.80 Å². The molecule has 0 fully saturated rings. The summed E-state index contributed by atoms with van der Waals surface area (Å²) in [5.74, 6) is 0. The Hall–Kier alpha value is -4.79. The van der Waals surface area contributed by atoms with Gasteiger partial charge in [0.15, 0.2) is 0 Å². The molecular formula is C57H67ClN2. The Morgan fingerprint density at radius 1 is 0.500 bits per heavy atom. The Morgan fingerprint density at radius 2 is 1.08 bits per heavy atom. The quantitative estimate of drug-likeness (QED) is 0.161. The van der Waals surface area contributed by atoms with E-state index < -0.39 is 0 Å². The zero-order chi connectivity index (χ0) is 43.4. The third-order valence-corrected chi connectivity index (χ3v) is 13.1. The second kappa shape index (κ2) is 15.9. The Morgan fingerprint density at radius 3 is 1.70 bits per heavy atom. The Kier molecular flexibility index (Phi) is 11.5. The van der Waals surface area contributed by atoms with Crippen LogP contribution in [0, 0.1) is 5.41 Å². The third-order valence-electron chi connectivity index (χ3n) is 12.9. The van der Waals surface area contributed by atoms with Crippen molar-refractivity contribution in [1.82, 2.24) is 0 Å². The molecular weight excluding hydrogens is 748 g/mol. The van der Waals surface area contributed by atoms with E-state index in [1.807, 2.05) is 0 Å². The summed E-state index contributed by atoms with van der Waals surface area (Å²) < 4.78 is 0. The molecule has 0 spiro atoms. The van der Waals surface area contributed by atoms with Gasteiger partial charge in [-0.15, -0.1) is 0 Å². The maximum absolute atomic E-state index is 7.38. The van der Waals surface area contributed by atoms with Crippen molar-refractivity contribution < 1.29 is 0 Å². The van der Waals surface area contributed by atoms with E-state index in [1.54, 1.807) is 0 Å². The summed E-state index contributed by atoms with van der Waals surface area (Å²) in [4.78, 5) is 4.84. The maximum Gasteiger partial charge on any atom is 0.0540 e. The zero-order valence-electron chi connectivity index (χ0n) is 38.6. The number of benzene rings is 5. The summed E-state index contributed by atoms with van der Waals surface area (Å²) in [7, 11) is 0. The van der Waals surface area contributed by atoms with Gasteiger partial charge in [-0.2, -0.15) is 0 Å². The Bertz CT molecular complexity index is 2460. The molecule has 0 amide bonds. The summed E-state index contributed by atoms with van der Waals surface area (Å²) in [6, 6.07) is 40.8. The highest BCUT2D eigenvalue weighted by Crippen LogP contribution is 2.50. The van der Waals surface area contributed by atoms with Crippen LogP contribution >= 0.6 is 11.6 Å². The molecule has 0 saturated heterocycles. The van der Waals surface area contributed by atoms with Crippen LogP contribution in [0.15, 0.2) is 145 Å². The second-order valence-electron chi connectivity index (χ2n) is 21.6. The molecule has 0 unspecified atom stereocenters. The molecule has 60 heavy (non-hydrogen) atoms. The number of fused-ring (bicyclic) bond motifs is 1. The highest BCUT2D eigenvalue weighted by atomic mass is 35.5. The first kappa shape index (κ1) is 43.3. The number of anilines is 5. The average molecular weight is 816 g/mol. The monoisotopic (exact) mass is 814 g/mol. The van der Waals surface area contributed by atoms with E-state index in [-0.39, 0.29) is 27.1 Å². The topological polar surface area (TPSA) is 6.48 Å². The second-order valence-corrected chi connectivity index (χ2v) is 22.0. The third kappa shape index (κ3) is 8.96. The summed E-state index contributed by atoms with van der Waals surface area (Å²) in [6.45, 7) is 30.2. The van der Waals surface area contributed by atoms with Crippen molar-refractivity contribution in [1.29, 1.82) is 0 Å². The van der Waals surface area contributed by atoms with Crippen LogP contribution in [0.25, 0.3) is 11.1 Å². The molecule has 0 N–H and O–H groups in total. The van der Waals surface area contributed by atoms with Crippen molar-refractivity contribution in [2.45, 2.75) is 131 Å². The molecule has 0 aliphatic heterocycles. The molecule has 312 valence electrons. The molecule has 0 radical (unpaired) electrons. The molecule has 7 rings (SSSR count). The van der Waals surface area contributed by atoms with Gasteiger partial charge < -0.3 is 9.80 Å². The van der Waals surface area contributed by atoms with Gasteiger partial charge in [-0.25, -0.2) is 0 Å². The highest BCUT2D eigenvalue weighted by molar-refractivity contribution is 6.31. The minimum Gasteiger partial charge on any atom is -0.311 e. The molecule has 0 aromatic heterocycles. The molecule has 5 aromatic carbocycles. The van der Waals surface area contributed by atoms with E-state index in [9.17, 15) is 0 Å². The minimum absolute atomic E-state index is 0.0256. The van der Waals surface area contributed by atoms with E-state index in [4.69, 9.17) is 11.6 Å². The van der Waals surface area contributed by atoms with Crippen LogP contribution in [0.2, 0.25) is 5.02 Å². The Balaban J connectivity index is 1.50. The van der Waals surface area contributed by atoms with Crippen molar-refractivity contribution in [3.8, 4) is 11.1 Å².